The second kappa shape index (κ2) is 10.4. The second-order valence-corrected chi connectivity index (χ2v) is 7.14. The molecule has 1 aliphatic rings. The topological polar surface area (TPSA) is 183 Å². The zero-order valence-corrected chi connectivity index (χ0v) is 14.0. The molecule has 0 aromatic heterocycles. The Balaban J connectivity index is 2.66. The Morgan fingerprint density at radius 2 is 1.12 bits per heavy atom. The van der Waals surface area contributed by atoms with Crippen LogP contribution in [0.4, 0.5) is 0 Å². The zero-order valence-electron chi connectivity index (χ0n) is 12.4. The van der Waals surface area contributed by atoms with Gasteiger partial charge in [-0.2, -0.15) is 0 Å². The van der Waals surface area contributed by atoms with Gasteiger partial charge < -0.3 is 17.2 Å². The third kappa shape index (κ3) is 7.35. The molecule has 0 saturated carbocycles. The normalized spacial score (nSPS) is 28.9. The van der Waals surface area contributed by atoms with Crippen LogP contribution in [0.2, 0.25) is 0 Å². The maximum absolute atomic E-state index is 11.5. The van der Waals surface area contributed by atoms with E-state index in [1.807, 2.05) is 0 Å². The van der Waals surface area contributed by atoms with Crippen molar-refractivity contribution in [3.8, 4) is 0 Å². The first-order valence-corrected chi connectivity index (χ1v) is 9.14. The lowest BCUT2D eigenvalue weighted by Crippen LogP contribution is -2.38. The van der Waals surface area contributed by atoms with E-state index in [1.165, 1.54) is 0 Å². The largest absolute Gasteiger partial charge is 0.372 e. The van der Waals surface area contributed by atoms with E-state index in [0.717, 1.165) is 21.6 Å². The van der Waals surface area contributed by atoms with E-state index in [2.05, 4.69) is 19.6 Å². The molecule has 1 rings (SSSR count). The fourth-order valence-electron chi connectivity index (χ4n) is 1.17. The van der Waals surface area contributed by atoms with Crippen LogP contribution in [0.5, 0.6) is 0 Å². The van der Waals surface area contributed by atoms with Crippen LogP contribution >= 0.6 is 21.6 Å². The van der Waals surface area contributed by atoms with Gasteiger partial charge >= 0.3 is 23.9 Å². The van der Waals surface area contributed by atoms with Gasteiger partial charge in [-0.15, -0.1) is 0 Å². The van der Waals surface area contributed by atoms with Gasteiger partial charge in [0.1, 0.15) is 18.1 Å². The Kier molecular flexibility index (Phi) is 8.84. The summed E-state index contributed by atoms with van der Waals surface area (Å²) < 4.78 is 0. The molecule has 1 saturated heterocycles. The molecule has 1 fully saturated rings. The molecule has 2 unspecified atom stereocenters. The molecule has 3 atom stereocenters. The summed E-state index contributed by atoms with van der Waals surface area (Å²) in [7, 11) is 2.29. The molecule has 1 aliphatic heterocycles. The lowest BCUT2D eigenvalue weighted by atomic mass is 10.2. The van der Waals surface area contributed by atoms with Crippen molar-refractivity contribution in [2.45, 2.75) is 31.0 Å². The van der Waals surface area contributed by atoms with Crippen molar-refractivity contribution in [3.05, 3.63) is 0 Å². The first-order valence-electron chi connectivity index (χ1n) is 6.65. The molecule has 136 valence electrons. The first-order chi connectivity index (χ1) is 11.3. The SMILES string of the molecule is NC1CSSCC(N)C(=O)OOC(=O)[C@H](N)CCC(=O)OOC1=O. The van der Waals surface area contributed by atoms with Crippen molar-refractivity contribution in [2.24, 2.45) is 17.2 Å². The van der Waals surface area contributed by atoms with Gasteiger partial charge in [-0.05, 0) is 6.42 Å². The van der Waals surface area contributed by atoms with E-state index in [-0.39, 0.29) is 24.3 Å². The minimum atomic E-state index is -1.25. The molecule has 0 aromatic rings. The summed E-state index contributed by atoms with van der Waals surface area (Å²) in [6.07, 6.45) is -0.520. The van der Waals surface area contributed by atoms with Crippen molar-refractivity contribution < 1.29 is 38.7 Å². The predicted molar refractivity (Wildman–Crippen MR) is 82.4 cm³/mol. The maximum Gasteiger partial charge on any atom is 0.372 e. The number of hydrogen-bond acceptors (Lipinski definition) is 13. The molecule has 11 nitrogen and oxygen atoms in total. The van der Waals surface area contributed by atoms with E-state index in [0.29, 0.717) is 0 Å². The van der Waals surface area contributed by atoms with Crippen LogP contribution in [0, 0.1) is 0 Å². The lowest BCUT2D eigenvalue weighted by molar-refractivity contribution is -0.262. The highest BCUT2D eigenvalue weighted by atomic mass is 33.1. The minimum Gasteiger partial charge on any atom is -0.318 e. The van der Waals surface area contributed by atoms with Crippen molar-refractivity contribution in [3.63, 3.8) is 0 Å². The smallest absolute Gasteiger partial charge is 0.318 e. The molecule has 24 heavy (non-hydrogen) atoms. The van der Waals surface area contributed by atoms with Crippen LogP contribution < -0.4 is 17.2 Å². The molecule has 0 bridgehead atoms. The number of nitrogens with two attached hydrogens (primary N) is 3. The summed E-state index contributed by atoms with van der Waals surface area (Å²) >= 11 is 0. The van der Waals surface area contributed by atoms with Crippen LogP contribution in [0.3, 0.4) is 0 Å². The Morgan fingerprint density at radius 3 is 1.62 bits per heavy atom. The van der Waals surface area contributed by atoms with Crippen molar-refractivity contribution in [1.82, 2.24) is 0 Å². The van der Waals surface area contributed by atoms with Crippen molar-refractivity contribution >= 4 is 45.5 Å². The molecule has 0 aliphatic carbocycles. The van der Waals surface area contributed by atoms with Gasteiger partial charge in [-0.25, -0.2) is 38.7 Å². The number of rotatable bonds is 0. The summed E-state index contributed by atoms with van der Waals surface area (Å²) in [4.78, 5) is 63.0. The summed E-state index contributed by atoms with van der Waals surface area (Å²) in [6.45, 7) is 0. The van der Waals surface area contributed by atoms with Crippen molar-refractivity contribution in [1.29, 1.82) is 0 Å². The molecular weight excluding hydrogens is 366 g/mol. The summed E-state index contributed by atoms with van der Waals surface area (Å²) in [5, 5.41) is 0. The molecule has 0 aromatic carbocycles. The minimum absolute atomic E-state index is 0.115. The standard InChI is InChI=1S/C11H17N3O8S2/c12-5-1-2-8(15)19-20-10(17)6(13)3-23-24-4-7(14)11(18)22-21-9(5)16/h5-7H,1-4,12-14H2/t5-,6?,7?/m1/s1. The maximum atomic E-state index is 11.5. The second-order valence-electron chi connectivity index (χ2n) is 4.59. The summed E-state index contributed by atoms with van der Waals surface area (Å²) in [5.74, 6) is -3.64. The highest BCUT2D eigenvalue weighted by Crippen LogP contribution is 2.22. The van der Waals surface area contributed by atoms with Crippen LogP contribution in [-0.4, -0.2) is 53.5 Å². The molecular formula is C11H17N3O8S2. The number of carbonyl (C=O) groups is 4. The third-order valence-electron chi connectivity index (χ3n) is 2.57. The Labute approximate surface area is 144 Å². The van der Waals surface area contributed by atoms with E-state index in [9.17, 15) is 19.2 Å². The lowest BCUT2D eigenvalue weighted by Gasteiger charge is -2.11. The van der Waals surface area contributed by atoms with Gasteiger partial charge in [-0.3, -0.25) is 0 Å². The Bertz CT molecular complexity index is 492. The van der Waals surface area contributed by atoms with Crippen molar-refractivity contribution in [2.75, 3.05) is 11.5 Å². The zero-order chi connectivity index (χ0) is 18.1. The van der Waals surface area contributed by atoms with Crippen LogP contribution in [-0.2, 0) is 38.7 Å². The number of hydrogen-bond donors (Lipinski definition) is 3. The highest BCUT2D eigenvalue weighted by Gasteiger charge is 2.25. The molecule has 6 N–H and O–H groups in total. The molecule has 0 radical (unpaired) electrons. The van der Waals surface area contributed by atoms with Crippen LogP contribution in [0.15, 0.2) is 0 Å². The van der Waals surface area contributed by atoms with Crippen LogP contribution in [0.25, 0.3) is 0 Å². The fourth-order valence-corrected chi connectivity index (χ4v) is 3.38. The first kappa shape index (κ1) is 20.5. The monoisotopic (exact) mass is 383 g/mol. The molecule has 0 amide bonds. The predicted octanol–water partition coefficient (Wildman–Crippen LogP) is -1.85. The van der Waals surface area contributed by atoms with Crippen LogP contribution in [0.1, 0.15) is 12.8 Å². The fraction of sp³-hybridized carbons (Fsp3) is 0.636. The Morgan fingerprint density at radius 1 is 0.708 bits per heavy atom. The van der Waals surface area contributed by atoms with Gasteiger partial charge in [0, 0.05) is 11.5 Å². The average Bonchev–Trinajstić information content (AvgIpc) is 2.57. The van der Waals surface area contributed by atoms with Gasteiger partial charge in [0.15, 0.2) is 0 Å². The van der Waals surface area contributed by atoms with Gasteiger partial charge in [0.05, 0.1) is 6.42 Å². The van der Waals surface area contributed by atoms with E-state index >= 15 is 0 Å². The third-order valence-corrected chi connectivity index (χ3v) is 5.04. The van der Waals surface area contributed by atoms with Gasteiger partial charge in [0.25, 0.3) is 0 Å². The number of carbonyl (C=O) groups excluding carboxylic acids is 4. The van der Waals surface area contributed by atoms with E-state index in [4.69, 9.17) is 17.2 Å². The van der Waals surface area contributed by atoms with E-state index < -0.39 is 42.0 Å². The average molecular weight is 383 g/mol. The van der Waals surface area contributed by atoms with Gasteiger partial charge in [0.2, 0.25) is 0 Å². The molecule has 13 heteroatoms. The highest BCUT2D eigenvalue weighted by molar-refractivity contribution is 8.76. The van der Waals surface area contributed by atoms with Gasteiger partial charge in [-0.1, -0.05) is 21.6 Å². The Hall–Kier alpha value is -1.54. The molecule has 1 heterocycles. The van der Waals surface area contributed by atoms with E-state index in [1.54, 1.807) is 0 Å². The summed E-state index contributed by atoms with van der Waals surface area (Å²) in [6, 6.07) is -3.35. The molecule has 0 spiro atoms. The quantitative estimate of drug-likeness (QED) is 0.313. The summed E-state index contributed by atoms with van der Waals surface area (Å²) in [5.41, 5.74) is 16.6.